The molecule has 7 N–H and O–H groups in total. The number of ether oxygens (including phenoxy) is 4. The van der Waals surface area contributed by atoms with E-state index in [-0.39, 0.29) is 0 Å². The summed E-state index contributed by atoms with van der Waals surface area (Å²) in [5.41, 5.74) is 0. The molecule has 1 amide bonds. The third kappa shape index (κ3) is 5.39. The van der Waals surface area contributed by atoms with Gasteiger partial charge in [0.1, 0.15) is 42.7 Å². The highest BCUT2D eigenvalue weighted by molar-refractivity contribution is 5.73. The van der Waals surface area contributed by atoms with Crippen LogP contribution in [0.15, 0.2) is 0 Å². The lowest BCUT2D eigenvalue weighted by molar-refractivity contribution is -0.342. The Kier molecular flexibility index (Phi) is 8.28. The number of rotatable bonds is 6. The van der Waals surface area contributed by atoms with Crippen LogP contribution in [0.4, 0.5) is 0 Å². The number of esters is 1. The summed E-state index contributed by atoms with van der Waals surface area (Å²) < 4.78 is 21.0. The SMILES string of the molecule is CC(=O)N[C@H]1[C@H](O[C@H]2[C@H](O)[C@@H](OC(C)=O)[C@@H](O)O[C@@H]2CO)O[C@H](CO)[C@@H](O)[C@@H]1O. The summed E-state index contributed by atoms with van der Waals surface area (Å²) in [6.45, 7) is 0.801. The first-order valence-corrected chi connectivity index (χ1v) is 8.95. The Morgan fingerprint density at radius 1 is 0.897 bits per heavy atom. The number of aliphatic hydroxyl groups is 6. The Morgan fingerprint density at radius 3 is 2.03 bits per heavy atom. The second kappa shape index (κ2) is 10.1. The summed E-state index contributed by atoms with van der Waals surface area (Å²) in [6.07, 6.45) is -13.6. The van der Waals surface area contributed by atoms with Gasteiger partial charge in [-0.25, -0.2) is 0 Å². The molecule has 2 heterocycles. The van der Waals surface area contributed by atoms with Gasteiger partial charge in [-0.1, -0.05) is 0 Å². The van der Waals surface area contributed by atoms with Crippen LogP contribution in [0.5, 0.6) is 0 Å². The maximum absolute atomic E-state index is 11.5. The zero-order valence-electron chi connectivity index (χ0n) is 15.8. The Morgan fingerprint density at radius 2 is 1.52 bits per heavy atom. The van der Waals surface area contributed by atoms with Crippen molar-refractivity contribution >= 4 is 11.9 Å². The molecule has 2 fully saturated rings. The van der Waals surface area contributed by atoms with Gasteiger partial charge < -0.3 is 54.9 Å². The molecule has 0 aromatic heterocycles. The Bertz CT molecular complexity index is 576. The number of carbonyl (C=O) groups is 2. The molecule has 168 valence electrons. The highest BCUT2D eigenvalue weighted by Gasteiger charge is 2.52. The lowest BCUT2D eigenvalue weighted by Crippen LogP contribution is -2.67. The second-order valence-electron chi connectivity index (χ2n) is 6.85. The number of amides is 1. The topological polar surface area (TPSA) is 204 Å². The second-order valence-corrected chi connectivity index (χ2v) is 6.85. The number of hydrogen-bond donors (Lipinski definition) is 7. The van der Waals surface area contributed by atoms with E-state index in [1.165, 1.54) is 0 Å². The number of hydrogen-bond acceptors (Lipinski definition) is 12. The molecule has 2 aliphatic heterocycles. The van der Waals surface area contributed by atoms with Crippen molar-refractivity contribution in [2.75, 3.05) is 13.2 Å². The number of aliphatic hydroxyl groups excluding tert-OH is 6. The number of nitrogens with one attached hydrogen (secondary N) is 1. The van der Waals surface area contributed by atoms with Gasteiger partial charge >= 0.3 is 5.97 Å². The zero-order chi connectivity index (χ0) is 21.9. The van der Waals surface area contributed by atoms with Crippen LogP contribution in [0.1, 0.15) is 13.8 Å². The minimum atomic E-state index is -1.75. The van der Waals surface area contributed by atoms with Crippen molar-refractivity contribution in [3.8, 4) is 0 Å². The molecule has 0 spiro atoms. The van der Waals surface area contributed by atoms with Gasteiger partial charge in [0.25, 0.3) is 0 Å². The van der Waals surface area contributed by atoms with Crippen LogP contribution in [0, 0.1) is 0 Å². The van der Waals surface area contributed by atoms with Gasteiger partial charge in [-0.3, -0.25) is 9.59 Å². The average molecular weight is 425 g/mol. The molecule has 13 nitrogen and oxygen atoms in total. The summed E-state index contributed by atoms with van der Waals surface area (Å²) in [6, 6.07) is -1.31. The van der Waals surface area contributed by atoms with Gasteiger partial charge in [-0.15, -0.1) is 0 Å². The number of carbonyl (C=O) groups excluding carboxylic acids is 2. The van der Waals surface area contributed by atoms with Gasteiger partial charge in [-0.05, 0) is 0 Å². The molecule has 0 radical (unpaired) electrons. The van der Waals surface area contributed by atoms with E-state index in [2.05, 4.69) is 5.32 Å². The molecule has 0 aromatic rings. The van der Waals surface area contributed by atoms with Crippen molar-refractivity contribution in [3.63, 3.8) is 0 Å². The monoisotopic (exact) mass is 425 g/mol. The standard InChI is InChI=1S/C16H27NO12/c1-5(20)17-9-11(23)10(22)7(3-18)28-16(9)29-13-8(4-19)27-15(25)14(12(13)24)26-6(2)21/h7-16,18-19,22-25H,3-4H2,1-2H3,(H,17,20)/t7-,8-,9-,10-,11-,12+,13-,14-,15+,16+/m1/s1. The van der Waals surface area contributed by atoms with Gasteiger partial charge in [0.15, 0.2) is 18.7 Å². The molecular weight excluding hydrogens is 398 g/mol. The fourth-order valence-corrected chi connectivity index (χ4v) is 3.29. The van der Waals surface area contributed by atoms with Crippen molar-refractivity contribution < 1.29 is 59.2 Å². The van der Waals surface area contributed by atoms with Crippen LogP contribution >= 0.6 is 0 Å². The molecule has 0 aliphatic carbocycles. The normalized spacial score (nSPS) is 42.9. The van der Waals surface area contributed by atoms with E-state index in [1.807, 2.05) is 0 Å². The van der Waals surface area contributed by atoms with Crippen molar-refractivity contribution in [1.82, 2.24) is 5.32 Å². The van der Waals surface area contributed by atoms with Crippen LogP contribution in [-0.2, 0) is 28.5 Å². The fraction of sp³-hybridized carbons (Fsp3) is 0.875. The quantitative estimate of drug-likeness (QED) is 0.201. The minimum Gasteiger partial charge on any atom is -0.454 e. The van der Waals surface area contributed by atoms with E-state index in [4.69, 9.17) is 18.9 Å². The summed E-state index contributed by atoms with van der Waals surface area (Å²) in [7, 11) is 0. The van der Waals surface area contributed by atoms with Crippen LogP contribution < -0.4 is 5.32 Å². The van der Waals surface area contributed by atoms with Crippen molar-refractivity contribution in [2.45, 2.75) is 75.2 Å². The molecule has 2 aliphatic rings. The fourth-order valence-electron chi connectivity index (χ4n) is 3.29. The molecular formula is C16H27NO12. The molecule has 0 saturated carbocycles. The van der Waals surface area contributed by atoms with E-state index < -0.39 is 86.4 Å². The van der Waals surface area contributed by atoms with E-state index in [9.17, 15) is 40.2 Å². The van der Waals surface area contributed by atoms with Crippen molar-refractivity contribution in [2.24, 2.45) is 0 Å². The highest BCUT2D eigenvalue weighted by Crippen LogP contribution is 2.29. The van der Waals surface area contributed by atoms with E-state index in [0.29, 0.717) is 0 Å². The van der Waals surface area contributed by atoms with E-state index in [1.54, 1.807) is 0 Å². The maximum atomic E-state index is 11.5. The van der Waals surface area contributed by atoms with Gasteiger partial charge in [0.2, 0.25) is 5.91 Å². The summed E-state index contributed by atoms with van der Waals surface area (Å²) in [4.78, 5) is 22.7. The molecule has 0 aromatic carbocycles. The molecule has 0 unspecified atom stereocenters. The van der Waals surface area contributed by atoms with Gasteiger partial charge in [0, 0.05) is 13.8 Å². The molecule has 13 heteroatoms. The third-order valence-corrected chi connectivity index (χ3v) is 4.66. The Labute approximate surface area is 165 Å². The average Bonchev–Trinajstić information content (AvgIpc) is 2.65. The van der Waals surface area contributed by atoms with E-state index >= 15 is 0 Å². The zero-order valence-corrected chi connectivity index (χ0v) is 15.8. The molecule has 2 rings (SSSR count). The summed E-state index contributed by atoms with van der Waals surface area (Å²) >= 11 is 0. The largest absolute Gasteiger partial charge is 0.454 e. The van der Waals surface area contributed by atoms with Crippen LogP contribution in [0.3, 0.4) is 0 Å². The van der Waals surface area contributed by atoms with Crippen molar-refractivity contribution in [1.29, 1.82) is 0 Å². The summed E-state index contributed by atoms with van der Waals surface area (Å²) in [5.74, 6) is -1.41. The predicted molar refractivity (Wildman–Crippen MR) is 89.8 cm³/mol. The van der Waals surface area contributed by atoms with Gasteiger partial charge in [-0.2, -0.15) is 0 Å². The minimum absolute atomic E-state index is 0.590. The summed E-state index contributed by atoms with van der Waals surface area (Å²) in [5, 5.41) is 62.0. The first kappa shape index (κ1) is 23.9. The molecule has 0 bridgehead atoms. The Balaban J connectivity index is 2.26. The molecule has 29 heavy (non-hydrogen) atoms. The first-order chi connectivity index (χ1) is 13.6. The molecule has 10 atom stereocenters. The van der Waals surface area contributed by atoms with Crippen LogP contribution in [0.2, 0.25) is 0 Å². The van der Waals surface area contributed by atoms with Gasteiger partial charge in [0.05, 0.1) is 13.2 Å². The highest BCUT2D eigenvalue weighted by atomic mass is 16.7. The molecule has 2 saturated heterocycles. The predicted octanol–water partition coefficient (Wildman–Crippen LogP) is -4.68. The van der Waals surface area contributed by atoms with Crippen molar-refractivity contribution in [3.05, 3.63) is 0 Å². The van der Waals surface area contributed by atoms with Crippen LogP contribution in [0.25, 0.3) is 0 Å². The first-order valence-electron chi connectivity index (χ1n) is 8.95. The van der Waals surface area contributed by atoms with E-state index in [0.717, 1.165) is 13.8 Å². The maximum Gasteiger partial charge on any atom is 0.303 e. The lowest BCUT2D eigenvalue weighted by Gasteiger charge is -2.47. The van der Waals surface area contributed by atoms with Crippen LogP contribution in [-0.4, -0.2) is 117 Å². The lowest BCUT2D eigenvalue weighted by atomic mass is 9.95. The Hall–Kier alpha value is -1.42. The third-order valence-electron chi connectivity index (χ3n) is 4.66. The smallest absolute Gasteiger partial charge is 0.303 e.